The highest BCUT2D eigenvalue weighted by atomic mass is 19.1. The Kier molecular flexibility index (Phi) is 4.09. The van der Waals surface area contributed by atoms with Crippen molar-refractivity contribution in [2.45, 2.75) is 38.6 Å². The fourth-order valence-corrected chi connectivity index (χ4v) is 4.53. The Labute approximate surface area is 169 Å². The summed E-state index contributed by atoms with van der Waals surface area (Å²) in [6.07, 6.45) is 8.25. The zero-order chi connectivity index (χ0) is 21.0. The Morgan fingerprint density at radius 2 is 2.10 bits per heavy atom. The van der Waals surface area contributed by atoms with E-state index in [1.165, 1.54) is 18.5 Å². The van der Waals surface area contributed by atoms with Gasteiger partial charge in [0.05, 0.1) is 23.0 Å². The van der Waals surface area contributed by atoms with E-state index in [-0.39, 0.29) is 11.2 Å². The van der Waals surface area contributed by atoms with Gasteiger partial charge in [0, 0.05) is 29.5 Å². The number of halogens is 2. The van der Waals surface area contributed by atoms with Crippen LogP contribution in [0.2, 0.25) is 0 Å². The van der Waals surface area contributed by atoms with Gasteiger partial charge in [-0.1, -0.05) is 12.8 Å². The molecular formula is C21H19F2N5O2. The molecule has 9 heteroatoms. The minimum absolute atomic E-state index is 0.223. The third-order valence-electron chi connectivity index (χ3n) is 6.25. The summed E-state index contributed by atoms with van der Waals surface area (Å²) in [4.78, 5) is 27.8. The van der Waals surface area contributed by atoms with Crippen molar-refractivity contribution >= 4 is 28.0 Å². The molecule has 30 heavy (non-hydrogen) atoms. The van der Waals surface area contributed by atoms with Crippen LogP contribution in [0.4, 0.5) is 8.78 Å². The molecule has 4 aromatic rings. The number of aliphatic carboxylic acids is 1. The summed E-state index contributed by atoms with van der Waals surface area (Å²) in [6, 6.07) is 0.907. The second-order valence-electron chi connectivity index (χ2n) is 8.05. The van der Waals surface area contributed by atoms with Gasteiger partial charge < -0.3 is 14.7 Å². The highest BCUT2D eigenvalue weighted by Crippen LogP contribution is 2.46. The molecule has 1 aliphatic rings. The van der Waals surface area contributed by atoms with E-state index in [1.807, 2.05) is 0 Å². The van der Waals surface area contributed by atoms with Crippen LogP contribution in [0.3, 0.4) is 0 Å². The van der Waals surface area contributed by atoms with Crippen molar-refractivity contribution in [3.05, 3.63) is 42.5 Å². The first kappa shape index (κ1) is 18.7. The minimum atomic E-state index is -1.02. The van der Waals surface area contributed by atoms with Crippen LogP contribution in [-0.2, 0) is 4.79 Å². The molecule has 1 saturated carbocycles. The first-order chi connectivity index (χ1) is 14.4. The Morgan fingerprint density at radius 3 is 2.90 bits per heavy atom. The average Bonchev–Trinajstić information content (AvgIpc) is 3.28. The zero-order valence-corrected chi connectivity index (χ0v) is 16.2. The lowest BCUT2D eigenvalue weighted by Gasteiger charge is -2.38. The first-order valence-corrected chi connectivity index (χ1v) is 9.78. The van der Waals surface area contributed by atoms with Crippen LogP contribution in [0.15, 0.2) is 30.9 Å². The van der Waals surface area contributed by atoms with Gasteiger partial charge in [0.25, 0.3) is 0 Å². The van der Waals surface area contributed by atoms with E-state index in [0.717, 1.165) is 19.0 Å². The van der Waals surface area contributed by atoms with E-state index < -0.39 is 29.1 Å². The molecule has 0 aliphatic heterocycles. The molecule has 0 saturated heterocycles. The molecule has 2 N–H and O–H groups in total. The number of aromatic nitrogens is 5. The van der Waals surface area contributed by atoms with Gasteiger partial charge in [-0.15, -0.1) is 0 Å². The maximum Gasteiger partial charge on any atom is 0.311 e. The lowest BCUT2D eigenvalue weighted by Crippen LogP contribution is -2.39. The van der Waals surface area contributed by atoms with E-state index in [1.54, 1.807) is 17.7 Å². The Hall–Kier alpha value is -3.36. The Bertz CT molecular complexity index is 1300. The van der Waals surface area contributed by atoms with Crippen LogP contribution in [0.25, 0.3) is 33.5 Å². The Morgan fingerprint density at radius 1 is 1.27 bits per heavy atom. The van der Waals surface area contributed by atoms with Gasteiger partial charge in [-0.05, 0) is 25.8 Å². The lowest BCUT2D eigenvalue weighted by molar-refractivity contribution is -0.152. The van der Waals surface area contributed by atoms with Crippen molar-refractivity contribution in [3.8, 4) is 11.4 Å². The SMILES string of the molecule is C[C@@]1(C(=O)O)CCCC[C@H]1n1cc(F)c2cnc(-c3c[nH]c4ncc(F)cc34)nc21. The molecule has 0 radical (unpaired) electrons. The predicted molar refractivity (Wildman–Crippen MR) is 106 cm³/mol. The van der Waals surface area contributed by atoms with Gasteiger partial charge in [0.1, 0.15) is 17.1 Å². The number of carboxylic acid groups (broad SMARTS) is 1. The molecule has 0 spiro atoms. The third-order valence-corrected chi connectivity index (χ3v) is 6.25. The first-order valence-electron chi connectivity index (χ1n) is 9.78. The normalized spacial score (nSPS) is 22.0. The lowest BCUT2D eigenvalue weighted by atomic mass is 9.71. The van der Waals surface area contributed by atoms with Crippen LogP contribution < -0.4 is 0 Å². The summed E-state index contributed by atoms with van der Waals surface area (Å²) >= 11 is 0. The van der Waals surface area contributed by atoms with Crippen molar-refractivity contribution in [3.63, 3.8) is 0 Å². The fraction of sp³-hybridized carbons (Fsp3) is 0.333. The number of rotatable bonds is 3. The molecule has 4 heterocycles. The largest absolute Gasteiger partial charge is 0.481 e. The van der Waals surface area contributed by atoms with Crippen LogP contribution in [-0.4, -0.2) is 35.6 Å². The average molecular weight is 411 g/mol. The van der Waals surface area contributed by atoms with Gasteiger partial charge in [-0.25, -0.2) is 23.7 Å². The van der Waals surface area contributed by atoms with Crippen LogP contribution in [0, 0.1) is 17.0 Å². The second-order valence-corrected chi connectivity index (χ2v) is 8.05. The quantitative estimate of drug-likeness (QED) is 0.519. The molecule has 4 aromatic heterocycles. The number of aromatic amines is 1. The molecule has 1 fully saturated rings. The molecule has 0 amide bonds. The van der Waals surface area contributed by atoms with Gasteiger partial charge in [-0.3, -0.25) is 4.79 Å². The third kappa shape index (κ3) is 2.68. The number of H-pyrrole nitrogens is 1. The van der Waals surface area contributed by atoms with E-state index >= 15 is 0 Å². The van der Waals surface area contributed by atoms with Gasteiger partial charge in [0.2, 0.25) is 0 Å². The maximum absolute atomic E-state index is 14.7. The second kappa shape index (κ2) is 6.58. The smallest absolute Gasteiger partial charge is 0.311 e. The number of nitrogens with zero attached hydrogens (tertiary/aromatic N) is 4. The molecular weight excluding hydrogens is 392 g/mol. The molecule has 0 unspecified atom stereocenters. The summed E-state index contributed by atoms with van der Waals surface area (Å²) in [7, 11) is 0. The number of pyridine rings is 1. The van der Waals surface area contributed by atoms with E-state index in [0.29, 0.717) is 35.1 Å². The van der Waals surface area contributed by atoms with Crippen LogP contribution in [0.1, 0.15) is 38.6 Å². The van der Waals surface area contributed by atoms with Crippen molar-refractivity contribution < 1.29 is 18.7 Å². The number of carboxylic acids is 1. The number of carbonyl (C=O) groups is 1. The Balaban J connectivity index is 1.70. The molecule has 1 aliphatic carbocycles. The van der Waals surface area contributed by atoms with Crippen molar-refractivity contribution in [1.82, 2.24) is 24.5 Å². The zero-order valence-electron chi connectivity index (χ0n) is 16.2. The van der Waals surface area contributed by atoms with Crippen LogP contribution in [0.5, 0.6) is 0 Å². The van der Waals surface area contributed by atoms with E-state index in [9.17, 15) is 18.7 Å². The van der Waals surface area contributed by atoms with Crippen molar-refractivity contribution in [1.29, 1.82) is 0 Å². The summed E-state index contributed by atoms with van der Waals surface area (Å²) in [5.41, 5.74) is 0.338. The molecule has 5 rings (SSSR count). The molecule has 0 bridgehead atoms. The summed E-state index contributed by atoms with van der Waals surface area (Å²) < 4.78 is 30.0. The number of fused-ring (bicyclic) bond motifs is 2. The topological polar surface area (TPSA) is 96.7 Å². The fourth-order valence-electron chi connectivity index (χ4n) is 4.53. The molecule has 0 aromatic carbocycles. The highest BCUT2D eigenvalue weighted by molar-refractivity contribution is 5.92. The van der Waals surface area contributed by atoms with Crippen molar-refractivity contribution in [2.24, 2.45) is 5.41 Å². The molecule has 2 atom stereocenters. The summed E-state index contributed by atoms with van der Waals surface area (Å²) in [5.74, 6) is -1.60. The molecule has 7 nitrogen and oxygen atoms in total. The monoisotopic (exact) mass is 411 g/mol. The number of hydrogen-bond donors (Lipinski definition) is 2. The predicted octanol–water partition coefficient (Wildman–Crippen LogP) is 4.46. The maximum atomic E-state index is 14.7. The molecule has 154 valence electrons. The summed E-state index contributed by atoms with van der Waals surface area (Å²) in [5, 5.41) is 10.6. The highest BCUT2D eigenvalue weighted by Gasteiger charge is 2.45. The standard InChI is InChI=1S/C21H19F2N5O2/c1-21(20(29)30)5-3-2-4-16(21)28-10-15(23)14-9-26-18(27-19(14)28)13-8-25-17-12(13)6-11(22)7-24-17/h6-10,16H,2-5H2,1H3,(H,24,25)(H,29,30)/t16-,21-/m1/s1. The minimum Gasteiger partial charge on any atom is -0.481 e. The van der Waals surface area contributed by atoms with Gasteiger partial charge >= 0.3 is 5.97 Å². The van der Waals surface area contributed by atoms with Gasteiger partial charge in [-0.2, -0.15) is 0 Å². The van der Waals surface area contributed by atoms with Crippen LogP contribution >= 0.6 is 0 Å². The van der Waals surface area contributed by atoms with Gasteiger partial charge in [0.15, 0.2) is 11.6 Å². The van der Waals surface area contributed by atoms with Crippen molar-refractivity contribution in [2.75, 3.05) is 0 Å². The number of nitrogens with one attached hydrogen (secondary N) is 1. The van der Waals surface area contributed by atoms with E-state index in [4.69, 9.17) is 0 Å². The summed E-state index contributed by atoms with van der Waals surface area (Å²) in [6.45, 7) is 1.71. The number of hydrogen-bond acceptors (Lipinski definition) is 4. The van der Waals surface area contributed by atoms with E-state index in [2.05, 4.69) is 19.9 Å².